The van der Waals surface area contributed by atoms with E-state index in [0.29, 0.717) is 5.69 Å². The second-order valence-corrected chi connectivity index (χ2v) is 7.06. The first-order valence-electron chi connectivity index (χ1n) is 9.53. The zero-order chi connectivity index (χ0) is 21.4. The smallest absolute Gasteiger partial charge is 0.328 e. The number of hydrogen-bond donors (Lipinski definition) is 1. The van der Waals surface area contributed by atoms with Crippen molar-refractivity contribution in [2.75, 3.05) is 12.1 Å². The van der Waals surface area contributed by atoms with Crippen LogP contribution in [0.4, 0.5) is 5.69 Å². The lowest BCUT2D eigenvalue weighted by atomic mass is 10.1. The van der Waals surface area contributed by atoms with E-state index in [4.69, 9.17) is 4.74 Å². The Bertz CT molecular complexity index is 1190. The average molecular weight is 403 g/mol. The number of nitrogens with zero attached hydrogens (tertiary/aromatic N) is 2. The van der Waals surface area contributed by atoms with Gasteiger partial charge in [-0.05, 0) is 38.1 Å². The van der Waals surface area contributed by atoms with Crippen molar-refractivity contribution in [2.24, 2.45) is 0 Å². The van der Waals surface area contributed by atoms with Gasteiger partial charge in [0.2, 0.25) is 0 Å². The first-order valence-corrected chi connectivity index (χ1v) is 9.53. The van der Waals surface area contributed by atoms with Crippen molar-refractivity contribution < 1.29 is 19.1 Å². The van der Waals surface area contributed by atoms with Crippen LogP contribution in [0, 0.1) is 6.92 Å². The fourth-order valence-corrected chi connectivity index (χ4v) is 3.83. The second kappa shape index (κ2) is 7.51. The summed E-state index contributed by atoms with van der Waals surface area (Å²) >= 11 is 0. The zero-order valence-electron chi connectivity index (χ0n) is 16.9. The minimum Gasteiger partial charge on any atom is -0.467 e. The van der Waals surface area contributed by atoms with Crippen LogP contribution >= 0.6 is 0 Å². The number of methoxy groups -OCH3 is 1. The molecule has 0 unspecified atom stereocenters. The van der Waals surface area contributed by atoms with Crippen molar-refractivity contribution in [3.05, 3.63) is 71.4 Å². The van der Waals surface area contributed by atoms with Gasteiger partial charge in [-0.1, -0.05) is 36.4 Å². The van der Waals surface area contributed by atoms with Gasteiger partial charge in [0.05, 0.1) is 12.8 Å². The monoisotopic (exact) mass is 403 g/mol. The molecule has 1 saturated heterocycles. The minimum absolute atomic E-state index is 0.0376. The van der Waals surface area contributed by atoms with Gasteiger partial charge in [-0.3, -0.25) is 15.0 Å². The molecule has 2 heterocycles. The Kier molecular flexibility index (Phi) is 4.87. The van der Waals surface area contributed by atoms with Gasteiger partial charge in [0.25, 0.3) is 11.8 Å². The van der Waals surface area contributed by atoms with Gasteiger partial charge in [-0.15, -0.1) is 0 Å². The van der Waals surface area contributed by atoms with Gasteiger partial charge in [0, 0.05) is 22.2 Å². The number of nitrogens with one attached hydrogen (secondary N) is 1. The van der Waals surface area contributed by atoms with Gasteiger partial charge >= 0.3 is 5.97 Å². The molecule has 1 aliphatic heterocycles. The fraction of sp³-hybridized carbons (Fsp3) is 0.174. The molecule has 1 aromatic heterocycles. The molecule has 4 rings (SSSR count). The van der Waals surface area contributed by atoms with Gasteiger partial charge in [0.1, 0.15) is 11.6 Å². The van der Waals surface area contributed by atoms with Crippen LogP contribution in [0.2, 0.25) is 0 Å². The number of rotatable bonds is 4. The Labute approximate surface area is 173 Å². The predicted octanol–water partition coefficient (Wildman–Crippen LogP) is 3.15. The van der Waals surface area contributed by atoms with Gasteiger partial charge in [-0.2, -0.15) is 0 Å². The van der Waals surface area contributed by atoms with Crippen LogP contribution in [-0.2, 0) is 19.1 Å². The maximum absolute atomic E-state index is 13.0. The predicted molar refractivity (Wildman–Crippen MR) is 113 cm³/mol. The molecule has 1 aliphatic rings. The highest BCUT2D eigenvalue weighted by molar-refractivity contribution is 6.32. The summed E-state index contributed by atoms with van der Waals surface area (Å²) in [7, 11) is 1.35. The van der Waals surface area contributed by atoms with E-state index >= 15 is 0 Å². The number of para-hydroxylation sites is 2. The second-order valence-electron chi connectivity index (χ2n) is 7.06. The molecule has 152 valence electrons. The lowest BCUT2D eigenvalue weighted by molar-refractivity contribution is -0.144. The summed E-state index contributed by atoms with van der Waals surface area (Å²) in [4.78, 5) is 37.7. The van der Waals surface area contributed by atoms with Gasteiger partial charge < -0.3 is 9.30 Å². The molecule has 3 aromatic rings. The van der Waals surface area contributed by atoms with E-state index in [1.807, 2.05) is 41.8 Å². The molecule has 30 heavy (non-hydrogen) atoms. The van der Waals surface area contributed by atoms with E-state index in [9.17, 15) is 14.4 Å². The summed E-state index contributed by atoms with van der Waals surface area (Å²) in [5, 5.41) is 2.08. The molecule has 0 spiro atoms. The van der Waals surface area contributed by atoms with E-state index in [0.717, 1.165) is 22.2 Å². The lowest BCUT2D eigenvalue weighted by Gasteiger charge is -2.15. The Morgan fingerprint density at radius 3 is 2.43 bits per heavy atom. The largest absolute Gasteiger partial charge is 0.467 e. The van der Waals surface area contributed by atoms with Crippen molar-refractivity contribution in [1.29, 1.82) is 0 Å². The Hall–Kier alpha value is -3.87. The molecule has 1 N–H and O–H groups in total. The molecule has 0 bridgehead atoms. The molecular formula is C23H21N3O4. The maximum atomic E-state index is 13.0. The topological polar surface area (TPSA) is 80.6 Å². The van der Waals surface area contributed by atoms with E-state index < -0.39 is 17.9 Å². The maximum Gasteiger partial charge on any atom is 0.328 e. The molecular weight excluding hydrogens is 382 g/mol. The third-order valence-corrected chi connectivity index (χ3v) is 5.33. The standard InChI is InChI=1S/C23H21N3O4/c1-14-18(17-11-7-8-12-20(17)25(14)15(2)23(29)30-3)13-19-21(27)24-26(22(19)28)16-9-5-4-6-10-16/h4-13,15H,1-3H3,(H,24,27)/b19-13-/t15-/m1/s1. The van der Waals surface area contributed by atoms with Crippen LogP contribution in [0.3, 0.4) is 0 Å². The highest BCUT2D eigenvalue weighted by Gasteiger charge is 2.35. The van der Waals surface area contributed by atoms with Gasteiger partial charge in [-0.25, -0.2) is 9.80 Å². The summed E-state index contributed by atoms with van der Waals surface area (Å²) in [5.41, 5.74) is 5.54. The normalized spacial score (nSPS) is 16.2. The van der Waals surface area contributed by atoms with Crippen molar-refractivity contribution in [3.8, 4) is 0 Å². The Balaban J connectivity index is 1.84. The summed E-state index contributed by atoms with van der Waals surface area (Å²) in [6.45, 7) is 3.62. The first kappa shape index (κ1) is 19.4. The number of amides is 2. The van der Waals surface area contributed by atoms with Crippen molar-refractivity contribution >= 4 is 40.4 Å². The number of carbonyl (C=O) groups is 3. The van der Waals surface area contributed by atoms with Crippen molar-refractivity contribution in [2.45, 2.75) is 19.9 Å². The van der Waals surface area contributed by atoms with Crippen LogP contribution in [0.5, 0.6) is 0 Å². The van der Waals surface area contributed by atoms with E-state index in [1.54, 1.807) is 37.3 Å². The summed E-state index contributed by atoms with van der Waals surface area (Å²) in [6, 6.07) is 15.9. The summed E-state index contributed by atoms with van der Waals surface area (Å²) in [6.07, 6.45) is 1.60. The molecule has 0 aliphatic carbocycles. The zero-order valence-corrected chi connectivity index (χ0v) is 16.9. The highest BCUT2D eigenvalue weighted by atomic mass is 16.5. The third kappa shape index (κ3) is 3.04. The number of aromatic nitrogens is 1. The van der Waals surface area contributed by atoms with Crippen LogP contribution in [0.1, 0.15) is 24.2 Å². The number of esters is 1. The van der Waals surface area contributed by atoms with E-state index in [1.165, 1.54) is 12.1 Å². The number of hydrogen-bond acceptors (Lipinski definition) is 4. The molecule has 0 radical (unpaired) electrons. The number of anilines is 1. The molecule has 7 heteroatoms. The van der Waals surface area contributed by atoms with Crippen molar-refractivity contribution in [1.82, 2.24) is 9.99 Å². The molecule has 1 atom stereocenters. The lowest BCUT2D eigenvalue weighted by Crippen LogP contribution is -2.35. The number of hydrazine groups is 1. The van der Waals surface area contributed by atoms with Gasteiger partial charge in [0.15, 0.2) is 0 Å². The molecule has 2 amide bonds. The quantitative estimate of drug-likeness (QED) is 0.412. The van der Waals surface area contributed by atoms with Crippen molar-refractivity contribution in [3.63, 3.8) is 0 Å². The fourth-order valence-electron chi connectivity index (χ4n) is 3.83. The van der Waals surface area contributed by atoms with Crippen LogP contribution in [0.15, 0.2) is 60.2 Å². The van der Waals surface area contributed by atoms with Crippen LogP contribution in [0.25, 0.3) is 17.0 Å². The number of ether oxygens (including phenoxy) is 1. The van der Waals surface area contributed by atoms with E-state index in [2.05, 4.69) is 5.43 Å². The molecule has 7 nitrogen and oxygen atoms in total. The SMILES string of the molecule is COC(=O)[C@@H](C)n1c(C)c(/C=C2/C(=O)NN(c3ccccc3)C2=O)c2ccccc21. The molecule has 2 aromatic carbocycles. The average Bonchev–Trinajstić information content (AvgIpc) is 3.21. The minimum atomic E-state index is -0.555. The Morgan fingerprint density at radius 1 is 1.07 bits per heavy atom. The summed E-state index contributed by atoms with van der Waals surface area (Å²) in [5.74, 6) is -1.27. The Morgan fingerprint density at radius 2 is 1.73 bits per heavy atom. The summed E-state index contributed by atoms with van der Waals surface area (Å²) < 4.78 is 6.77. The number of fused-ring (bicyclic) bond motifs is 1. The molecule has 0 saturated carbocycles. The van der Waals surface area contributed by atoms with E-state index in [-0.39, 0.29) is 11.5 Å². The molecule has 1 fully saturated rings. The van der Waals surface area contributed by atoms with Crippen LogP contribution < -0.4 is 10.4 Å². The van der Waals surface area contributed by atoms with Crippen LogP contribution in [-0.4, -0.2) is 29.5 Å². The first-order chi connectivity index (χ1) is 14.4. The highest BCUT2D eigenvalue weighted by Crippen LogP contribution is 2.32. The number of carbonyl (C=O) groups excluding carboxylic acids is 3. The third-order valence-electron chi connectivity index (χ3n) is 5.33. The number of benzene rings is 2.